The van der Waals surface area contributed by atoms with E-state index < -0.39 is 22.7 Å². The van der Waals surface area contributed by atoms with Crippen LogP contribution in [0.5, 0.6) is 0 Å². The van der Waals surface area contributed by atoms with E-state index in [1.165, 1.54) is 16.9 Å². The Balaban J connectivity index is 1.72. The van der Waals surface area contributed by atoms with Gasteiger partial charge in [-0.25, -0.2) is 13.1 Å². The number of benzene rings is 2. The standard InChI is InChI=1S/C22H22F3N3O3S/c1-15-12-20(16(2)28(15)13-17-6-4-3-5-7-17)21(29)27-18-8-10-19(11-9-18)32(30,31)26-14-22(23,24)25/h3-12,26H,13-14H2,1-2H3,(H,27,29). The SMILES string of the molecule is Cc1cc(C(=O)Nc2ccc(S(=O)(=O)NCC(F)(F)F)cc2)c(C)n1Cc1ccccc1. The van der Waals surface area contributed by atoms with Gasteiger partial charge in [0.1, 0.15) is 6.54 Å². The van der Waals surface area contributed by atoms with Crippen LogP contribution in [0, 0.1) is 13.8 Å². The summed E-state index contributed by atoms with van der Waals surface area (Å²) in [4.78, 5) is 12.4. The monoisotopic (exact) mass is 465 g/mol. The fourth-order valence-electron chi connectivity index (χ4n) is 3.22. The maximum atomic E-state index is 12.8. The van der Waals surface area contributed by atoms with E-state index in [0.29, 0.717) is 17.8 Å². The van der Waals surface area contributed by atoms with Crippen molar-refractivity contribution in [2.75, 3.05) is 11.9 Å². The molecule has 0 aliphatic rings. The first-order valence-electron chi connectivity index (χ1n) is 9.65. The molecule has 1 heterocycles. The molecule has 10 heteroatoms. The van der Waals surface area contributed by atoms with Crippen molar-refractivity contribution in [1.29, 1.82) is 0 Å². The molecule has 0 aliphatic carbocycles. The van der Waals surface area contributed by atoms with Crippen molar-refractivity contribution in [2.45, 2.75) is 31.5 Å². The van der Waals surface area contributed by atoms with E-state index >= 15 is 0 Å². The minimum atomic E-state index is -4.66. The first kappa shape index (κ1) is 23.6. The molecule has 1 amide bonds. The second kappa shape index (κ2) is 9.17. The fraction of sp³-hybridized carbons (Fsp3) is 0.227. The number of carbonyl (C=O) groups is 1. The summed E-state index contributed by atoms with van der Waals surface area (Å²) in [6.45, 7) is 2.70. The van der Waals surface area contributed by atoms with Crippen LogP contribution in [-0.4, -0.2) is 31.6 Å². The molecule has 32 heavy (non-hydrogen) atoms. The topological polar surface area (TPSA) is 80.2 Å². The highest BCUT2D eigenvalue weighted by Gasteiger charge is 2.30. The van der Waals surface area contributed by atoms with Gasteiger partial charge < -0.3 is 9.88 Å². The van der Waals surface area contributed by atoms with Crippen LogP contribution in [0.1, 0.15) is 27.3 Å². The molecule has 0 saturated heterocycles. The van der Waals surface area contributed by atoms with Crippen LogP contribution in [0.25, 0.3) is 0 Å². The van der Waals surface area contributed by atoms with Crippen molar-refractivity contribution in [1.82, 2.24) is 9.29 Å². The number of rotatable bonds is 7. The van der Waals surface area contributed by atoms with E-state index in [-0.39, 0.29) is 10.8 Å². The summed E-state index contributed by atoms with van der Waals surface area (Å²) in [6.07, 6.45) is -4.66. The Hall–Kier alpha value is -3.11. The molecule has 0 fully saturated rings. The highest BCUT2D eigenvalue weighted by molar-refractivity contribution is 7.89. The third kappa shape index (κ3) is 5.77. The molecule has 2 aromatic carbocycles. The number of sulfonamides is 1. The summed E-state index contributed by atoms with van der Waals surface area (Å²) in [5, 5.41) is 2.69. The first-order valence-corrected chi connectivity index (χ1v) is 11.1. The largest absolute Gasteiger partial charge is 0.402 e. The molecule has 2 N–H and O–H groups in total. The number of nitrogens with one attached hydrogen (secondary N) is 2. The molecule has 0 atom stereocenters. The minimum absolute atomic E-state index is 0.317. The van der Waals surface area contributed by atoms with Gasteiger partial charge >= 0.3 is 6.18 Å². The van der Waals surface area contributed by atoms with Gasteiger partial charge in [0, 0.05) is 23.6 Å². The summed E-state index contributed by atoms with van der Waals surface area (Å²) < 4.78 is 64.3. The summed E-state index contributed by atoms with van der Waals surface area (Å²) in [5.41, 5.74) is 3.57. The fourth-order valence-corrected chi connectivity index (χ4v) is 4.23. The van der Waals surface area contributed by atoms with Gasteiger partial charge in [-0.1, -0.05) is 30.3 Å². The number of alkyl halides is 3. The molecule has 0 spiro atoms. The van der Waals surface area contributed by atoms with Crippen molar-refractivity contribution in [3.05, 3.63) is 83.2 Å². The molecule has 170 valence electrons. The molecule has 3 rings (SSSR count). The summed E-state index contributed by atoms with van der Waals surface area (Å²) in [6, 6.07) is 16.5. The number of aryl methyl sites for hydroxylation is 1. The third-order valence-electron chi connectivity index (χ3n) is 4.89. The maximum absolute atomic E-state index is 12.8. The van der Waals surface area contributed by atoms with Crippen molar-refractivity contribution in [3.8, 4) is 0 Å². The predicted molar refractivity (Wildman–Crippen MR) is 115 cm³/mol. The summed E-state index contributed by atoms with van der Waals surface area (Å²) in [5.74, 6) is -0.372. The minimum Gasteiger partial charge on any atom is -0.344 e. The zero-order chi connectivity index (χ0) is 23.5. The van der Waals surface area contributed by atoms with Crippen LogP contribution in [-0.2, 0) is 16.6 Å². The molecular formula is C22H22F3N3O3S. The van der Waals surface area contributed by atoms with Crippen molar-refractivity contribution < 1.29 is 26.4 Å². The normalized spacial score (nSPS) is 12.0. The molecule has 1 aromatic heterocycles. The third-order valence-corrected chi connectivity index (χ3v) is 6.30. The van der Waals surface area contributed by atoms with Crippen LogP contribution in [0.15, 0.2) is 65.6 Å². The molecule has 0 bridgehead atoms. The van der Waals surface area contributed by atoms with Crippen LogP contribution in [0.4, 0.5) is 18.9 Å². The number of halogens is 3. The lowest BCUT2D eigenvalue weighted by Gasteiger charge is -2.11. The molecule has 3 aromatic rings. The zero-order valence-electron chi connectivity index (χ0n) is 17.4. The number of amides is 1. The van der Waals surface area contributed by atoms with Crippen LogP contribution in [0.3, 0.4) is 0 Å². The number of anilines is 1. The highest BCUT2D eigenvalue weighted by atomic mass is 32.2. The van der Waals surface area contributed by atoms with E-state index in [2.05, 4.69) is 5.32 Å². The van der Waals surface area contributed by atoms with Gasteiger partial charge in [-0.15, -0.1) is 0 Å². The average molecular weight is 465 g/mol. The number of hydrogen-bond acceptors (Lipinski definition) is 3. The lowest BCUT2D eigenvalue weighted by Crippen LogP contribution is -2.33. The Bertz CT molecular complexity index is 1200. The van der Waals surface area contributed by atoms with Gasteiger partial charge in [0.2, 0.25) is 10.0 Å². The van der Waals surface area contributed by atoms with E-state index in [9.17, 15) is 26.4 Å². The Labute approximate surface area is 184 Å². The van der Waals surface area contributed by atoms with Gasteiger partial charge in [0.25, 0.3) is 5.91 Å². The van der Waals surface area contributed by atoms with E-state index in [4.69, 9.17) is 0 Å². The van der Waals surface area contributed by atoms with E-state index in [1.54, 1.807) is 6.07 Å². The van der Waals surface area contributed by atoms with Gasteiger partial charge in [0.05, 0.1) is 10.5 Å². The molecule has 0 aliphatic heterocycles. The molecule has 0 unspecified atom stereocenters. The summed E-state index contributed by atoms with van der Waals surface area (Å²) >= 11 is 0. The molecule has 0 saturated carbocycles. The second-order valence-electron chi connectivity index (χ2n) is 7.27. The highest BCUT2D eigenvalue weighted by Crippen LogP contribution is 2.21. The van der Waals surface area contributed by atoms with Crippen molar-refractivity contribution >= 4 is 21.6 Å². The Kier molecular flexibility index (Phi) is 6.75. The average Bonchev–Trinajstić information content (AvgIpc) is 3.01. The number of nitrogens with zero attached hydrogens (tertiary/aromatic N) is 1. The number of aromatic nitrogens is 1. The molecule has 0 radical (unpaired) electrons. The first-order chi connectivity index (χ1) is 15.0. The Morgan fingerprint density at radius 2 is 1.62 bits per heavy atom. The van der Waals surface area contributed by atoms with Crippen LogP contribution < -0.4 is 10.0 Å². The van der Waals surface area contributed by atoms with E-state index in [0.717, 1.165) is 29.1 Å². The maximum Gasteiger partial charge on any atom is 0.402 e. The smallest absolute Gasteiger partial charge is 0.344 e. The zero-order valence-corrected chi connectivity index (χ0v) is 18.2. The van der Waals surface area contributed by atoms with Gasteiger partial charge in [-0.3, -0.25) is 4.79 Å². The molecule has 6 nitrogen and oxygen atoms in total. The summed E-state index contributed by atoms with van der Waals surface area (Å²) in [7, 11) is -4.32. The van der Waals surface area contributed by atoms with Crippen LogP contribution in [0.2, 0.25) is 0 Å². The van der Waals surface area contributed by atoms with Gasteiger partial charge in [-0.05, 0) is 49.7 Å². The van der Waals surface area contributed by atoms with Crippen molar-refractivity contribution in [3.63, 3.8) is 0 Å². The Morgan fingerprint density at radius 3 is 2.22 bits per heavy atom. The quantitative estimate of drug-likeness (QED) is 0.548. The van der Waals surface area contributed by atoms with Crippen molar-refractivity contribution in [2.24, 2.45) is 0 Å². The molecular weight excluding hydrogens is 443 g/mol. The van der Waals surface area contributed by atoms with Gasteiger partial charge in [-0.2, -0.15) is 13.2 Å². The lowest BCUT2D eigenvalue weighted by atomic mass is 10.2. The number of hydrogen-bond donors (Lipinski definition) is 2. The lowest BCUT2D eigenvalue weighted by molar-refractivity contribution is -0.121. The Morgan fingerprint density at radius 1 is 1.00 bits per heavy atom. The van der Waals surface area contributed by atoms with Gasteiger partial charge in [0.15, 0.2) is 0 Å². The van der Waals surface area contributed by atoms with Crippen LogP contribution >= 0.6 is 0 Å². The number of carbonyl (C=O) groups excluding carboxylic acids is 1. The second-order valence-corrected chi connectivity index (χ2v) is 9.04. The van der Waals surface area contributed by atoms with E-state index in [1.807, 2.05) is 48.7 Å². The predicted octanol–water partition coefficient (Wildman–Crippen LogP) is 4.25.